The second-order valence-electron chi connectivity index (χ2n) is 6.47. The van der Waals surface area contributed by atoms with Crippen molar-refractivity contribution < 1.29 is 0 Å². The minimum atomic E-state index is 0.177. The van der Waals surface area contributed by atoms with E-state index in [0.717, 1.165) is 19.6 Å². The molecule has 0 aromatic heterocycles. The summed E-state index contributed by atoms with van der Waals surface area (Å²) in [5.41, 5.74) is 4.34. The molecule has 0 aliphatic rings. The Morgan fingerprint density at radius 3 is 2.32 bits per heavy atom. The molecule has 0 aliphatic carbocycles. The summed E-state index contributed by atoms with van der Waals surface area (Å²) in [4.78, 5) is 0. The van der Waals surface area contributed by atoms with Gasteiger partial charge in [0.15, 0.2) is 0 Å². The van der Waals surface area contributed by atoms with Gasteiger partial charge >= 0.3 is 0 Å². The molecule has 0 aliphatic heterocycles. The lowest BCUT2D eigenvalue weighted by Crippen LogP contribution is -2.38. The lowest BCUT2D eigenvalue weighted by molar-refractivity contribution is 0.458. The first kappa shape index (κ1) is 16.2. The molecule has 108 valence electrons. The quantitative estimate of drug-likeness (QED) is 0.738. The Hall–Kier alpha value is -0.860. The van der Waals surface area contributed by atoms with Crippen LogP contribution in [0.15, 0.2) is 18.2 Å². The van der Waals surface area contributed by atoms with Crippen LogP contribution in [-0.4, -0.2) is 25.7 Å². The minimum absolute atomic E-state index is 0.177. The van der Waals surface area contributed by atoms with Crippen molar-refractivity contribution in [2.24, 2.45) is 0 Å². The fourth-order valence-corrected chi connectivity index (χ4v) is 2.11. The van der Waals surface area contributed by atoms with Gasteiger partial charge in [0.2, 0.25) is 0 Å². The van der Waals surface area contributed by atoms with Crippen LogP contribution in [0.2, 0.25) is 0 Å². The van der Waals surface area contributed by atoms with Gasteiger partial charge in [-0.2, -0.15) is 0 Å². The van der Waals surface area contributed by atoms with E-state index in [4.69, 9.17) is 0 Å². The fraction of sp³-hybridized carbons (Fsp3) is 0.647. The van der Waals surface area contributed by atoms with Crippen molar-refractivity contribution in [3.63, 3.8) is 0 Å². The first-order valence-electron chi connectivity index (χ1n) is 7.35. The van der Waals surface area contributed by atoms with Crippen LogP contribution in [-0.2, 0) is 5.41 Å². The molecule has 2 heteroatoms. The van der Waals surface area contributed by atoms with Gasteiger partial charge in [-0.05, 0) is 30.5 Å². The molecule has 1 rings (SSSR count). The van der Waals surface area contributed by atoms with Crippen LogP contribution in [0, 0.1) is 13.8 Å². The van der Waals surface area contributed by atoms with Crippen molar-refractivity contribution in [3.8, 4) is 0 Å². The Morgan fingerprint density at radius 1 is 1.05 bits per heavy atom. The van der Waals surface area contributed by atoms with Gasteiger partial charge in [0, 0.05) is 31.1 Å². The Bertz CT molecular complexity index is 394. The highest BCUT2D eigenvalue weighted by Crippen LogP contribution is 2.24. The SMILES string of the molecule is Cc1ccc(C(C)(C)CNCCNC(C)C)cc1C. The van der Waals surface area contributed by atoms with E-state index in [9.17, 15) is 0 Å². The van der Waals surface area contributed by atoms with Crippen molar-refractivity contribution >= 4 is 0 Å². The van der Waals surface area contributed by atoms with Crippen molar-refractivity contribution in [2.75, 3.05) is 19.6 Å². The maximum atomic E-state index is 3.55. The highest BCUT2D eigenvalue weighted by atomic mass is 15.0. The van der Waals surface area contributed by atoms with E-state index >= 15 is 0 Å². The minimum Gasteiger partial charge on any atom is -0.315 e. The summed E-state index contributed by atoms with van der Waals surface area (Å²) in [6, 6.07) is 7.38. The lowest BCUT2D eigenvalue weighted by atomic mass is 9.83. The molecule has 0 saturated carbocycles. The Morgan fingerprint density at radius 2 is 1.74 bits per heavy atom. The smallest absolute Gasteiger partial charge is 0.00791 e. The van der Waals surface area contributed by atoms with Crippen LogP contribution in [0.4, 0.5) is 0 Å². The van der Waals surface area contributed by atoms with Crippen LogP contribution in [0.5, 0.6) is 0 Å². The molecular weight excluding hydrogens is 232 g/mol. The van der Waals surface area contributed by atoms with Crippen molar-refractivity contribution in [1.82, 2.24) is 10.6 Å². The van der Waals surface area contributed by atoms with E-state index in [1.54, 1.807) is 0 Å². The molecule has 2 N–H and O–H groups in total. The van der Waals surface area contributed by atoms with E-state index in [-0.39, 0.29) is 5.41 Å². The number of rotatable bonds is 7. The summed E-state index contributed by atoms with van der Waals surface area (Å²) in [5.74, 6) is 0. The average Bonchev–Trinajstić information content (AvgIpc) is 2.31. The van der Waals surface area contributed by atoms with Crippen LogP contribution in [0.25, 0.3) is 0 Å². The maximum Gasteiger partial charge on any atom is 0.00791 e. The molecule has 0 saturated heterocycles. The Labute approximate surface area is 119 Å². The predicted molar refractivity (Wildman–Crippen MR) is 85.0 cm³/mol. The highest BCUT2D eigenvalue weighted by Gasteiger charge is 2.20. The molecule has 1 aromatic rings. The molecule has 19 heavy (non-hydrogen) atoms. The van der Waals surface area contributed by atoms with Gasteiger partial charge in [-0.1, -0.05) is 45.9 Å². The zero-order valence-corrected chi connectivity index (χ0v) is 13.4. The van der Waals surface area contributed by atoms with Crippen molar-refractivity contribution in [1.29, 1.82) is 0 Å². The largest absolute Gasteiger partial charge is 0.315 e. The molecule has 0 unspecified atom stereocenters. The summed E-state index contributed by atoms with van der Waals surface area (Å²) in [7, 11) is 0. The molecule has 2 nitrogen and oxygen atoms in total. The van der Waals surface area contributed by atoms with E-state index in [2.05, 4.69) is 70.4 Å². The maximum absolute atomic E-state index is 3.55. The molecule has 1 aromatic carbocycles. The topological polar surface area (TPSA) is 24.1 Å². The molecule has 0 bridgehead atoms. The van der Waals surface area contributed by atoms with Crippen LogP contribution in [0.3, 0.4) is 0 Å². The van der Waals surface area contributed by atoms with E-state index in [1.165, 1.54) is 16.7 Å². The summed E-state index contributed by atoms with van der Waals surface area (Å²) >= 11 is 0. The van der Waals surface area contributed by atoms with Gasteiger partial charge in [-0.15, -0.1) is 0 Å². The van der Waals surface area contributed by atoms with Crippen molar-refractivity contribution in [3.05, 3.63) is 34.9 Å². The summed E-state index contributed by atoms with van der Waals surface area (Å²) in [5, 5.41) is 6.98. The van der Waals surface area contributed by atoms with Gasteiger partial charge in [0.25, 0.3) is 0 Å². The zero-order valence-electron chi connectivity index (χ0n) is 13.4. The molecular formula is C17H30N2. The van der Waals surface area contributed by atoms with Gasteiger partial charge in [0.1, 0.15) is 0 Å². The first-order chi connectivity index (χ1) is 8.83. The number of hydrogen-bond donors (Lipinski definition) is 2. The number of hydrogen-bond acceptors (Lipinski definition) is 2. The zero-order chi connectivity index (χ0) is 14.5. The van der Waals surface area contributed by atoms with Crippen LogP contribution >= 0.6 is 0 Å². The monoisotopic (exact) mass is 262 g/mol. The molecule has 0 radical (unpaired) electrons. The molecule has 0 atom stereocenters. The summed E-state index contributed by atoms with van der Waals surface area (Å²) < 4.78 is 0. The summed E-state index contributed by atoms with van der Waals surface area (Å²) in [6.07, 6.45) is 0. The average molecular weight is 262 g/mol. The van der Waals surface area contributed by atoms with Gasteiger partial charge in [0.05, 0.1) is 0 Å². The third kappa shape index (κ3) is 5.33. The van der Waals surface area contributed by atoms with E-state index in [0.29, 0.717) is 6.04 Å². The van der Waals surface area contributed by atoms with E-state index in [1.807, 2.05) is 0 Å². The normalized spacial score (nSPS) is 12.2. The van der Waals surface area contributed by atoms with Crippen LogP contribution in [0.1, 0.15) is 44.4 Å². The van der Waals surface area contributed by atoms with Gasteiger partial charge < -0.3 is 10.6 Å². The Kier molecular flexibility index (Phi) is 6.02. The molecule has 0 spiro atoms. The van der Waals surface area contributed by atoms with Gasteiger partial charge in [-0.3, -0.25) is 0 Å². The fourth-order valence-electron chi connectivity index (χ4n) is 2.11. The Balaban J connectivity index is 2.48. The molecule has 0 fully saturated rings. The third-order valence-electron chi connectivity index (χ3n) is 3.71. The van der Waals surface area contributed by atoms with Gasteiger partial charge in [-0.25, -0.2) is 0 Å². The highest BCUT2D eigenvalue weighted by molar-refractivity contribution is 5.34. The number of aryl methyl sites for hydroxylation is 2. The molecule has 0 amide bonds. The van der Waals surface area contributed by atoms with Crippen molar-refractivity contribution in [2.45, 2.75) is 53.0 Å². The first-order valence-corrected chi connectivity index (χ1v) is 7.35. The third-order valence-corrected chi connectivity index (χ3v) is 3.71. The number of nitrogens with one attached hydrogen (secondary N) is 2. The molecule has 0 heterocycles. The lowest BCUT2D eigenvalue weighted by Gasteiger charge is -2.26. The standard InChI is InChI=1S/C17H30N2/c1-13(2)19-10-9-18-12-17(5,6)16-8-7-14(3)15(4)11-16/h7-8,11,13,18-19H,9-10,12H2,1-6H3. The predicted octanol–water partition coefficient (Wildman–Crippen LogP) is 3.17. The second-order valence-corrected chi connectivity index (χ2v) is 6.47. The van der Waals surface area contributed by atoms with E-state index < -0.39 is 0 Å². The van der Waals surface area contributed by atoms with Crippen LogP contribution < -0.4 is 10.6 Å². The number of benzene rings is 1. The second kappa shape index (κ2) is 7.06. The summed E-state index contributed by atoms with van der Waals surface area (Å²) in [6.45, 7) is 16.4.